The minimum absolute atomic E-state index is 0.406. The van der Waals surface area contributed by atoms with Crippen molar-refractivity contribution in [1.29, 1.82) is 0 Å². The van der Waals surface area contributed by atoms with Crippen LogP contribution in [0.25, 0.3) is 0 Å². The first-order valence-corrected chi connectivity index (χ1v) is 17.0. The number of ether oxygens (including phenoxy) is 3. The van der Waals surface area contributed by atoms with Gasteiger partial charge in [-0.05, 0) is 148 Å². The first kappa shape index (κ1) is 31.8. The van der Waals surface area contributed by atoms with Crippen LogP contribution in [0.4, 0.5) is 0 Å². The fourth-order valence-electron chi connectivity index (χ4n) is 10.3. The molecule has 4 fully saturated rings. The maximum atomic E-state index is 5.77. The molecule has 0 radical (unpaired) electrons. The van der Waals surface area contributed by atoms with Crippen LogP contribution in [0.5, 0.6) is 0 Å². The molecule has 39 heavy (non-hydrogen) atoms. The maximum Gasteiger partial charge on any atom is 0.0571 e. The summed E-state index contributed by atoms with van der Waals surface area (Å²) in [6.07, 6.45) is 21.5. The summed E-state index contributed by atoms with van der Waals surface area (Å²) in [4.78, 5) is 0. The second-order valence-corrected chi connectivity index (χ2v) is 16.4. The molecular weight excluding hydrogens is 480 g/mol. The Morgan fingerprint density at radius 3 is 0.718 bits per heavy atom. The van der Waals surface area contributed by atoms with Crippen molar-refractivity contribution in [2.75, 3.05) is 21.3 Å². The molecule has 0 atom stereocenters. The highest BCUT2D eigenvalue weighted by atomic mass is 16.5. The lowest BCUT2D eigenvalue weighted by Gasteiger charge is -2.57. The van der Waals surface area contributed by atoms with Crippen LogP contribution in [0.3, 0.4) is 0 Å². The van der Waals surface area contributed by atoms with Gasteiger partial charge >= 0.3 is 0 Å². The molecule has 0 aromatic heterocycles. The molecule has 4 rings (SSSR count). The summed E-state index contributed by atoms with van der Waals surface area (Å²) < 4.78 is 17.3. The van der Waals surface area contributed by atoms with E-state index in [1.165, 1.54) is 96.3 Å². The van der Waals surface area contributed by atoms with Crippen LogP contribution < -0.4 is 0 Å². The van der Waals surface area contributed by atoms with Crippen LogP contribution in [-0.4, -0.2) is 39.6 Å². The standard InChI is InChI=1S/C36H66O3/c1-34(2,25-10-16-31(37-7)17-11-25)28-22-29(35(3,4)26-12-18-32(38-8)19-13-26)24-30(23-28)36(5,6)27-14-20-33(39-9)21-15-27/h25-33H,10-24H2,1-9H3. The van der Waals surface area contributed by atoms with Gasteiger partial charge in [0.1, 0.15) is 0 Å². The van der Waals surface area contributed by atoms with Crippen molar-refractivity contribution in [3.05, 3.63) is 0 Å². The van der Waals surface area contributed by atoms with E-state index in [1.54, 1.807) is 0 Å². The van der Waals surface area contributed by atoms with Gasteiger partial charge in [0.25, 0.3) is 0 Å². The predicted molar refractivity (Wildman–Crippen MR) is 164 cm³/mol. The second kappa shape index (κ2) is 13.0. The van der Waals surface area contributed by atoms with Crippen molar-refractivity contribution in [3.63, 3.8) is 0 Å². The highest BCUT2D eigenvalue weighted by molar-refractivity contribution is 5.01. The molecule has 228 valence electrons. The van der Waals surface area contributed by atoms with E-state index in [0.717, 1.165) is 35.5 Å². The summed E-state index contributed by atoms with van der Waals surface area (Å²) in [5.41, 5.74) is 1.22. The van der Waals surface area contributed by atoms with Crippen LogP contribution in [-0.2, 0) is 14.2 Å². The molecule has 0 saturated heterocycles. The molecule has 0 amide bonds. The molecule has 3 heteroatoms. The van der Waals surface area contributed by atoms with Crippen molar-refractivity contribution in [1.82, 2.24) is 0 Å². The largest absolute Gasteiger partial charge is 0.381 e. The molecular formula is C36H66O3. The zero-order valence-corrected chi connectivity index (χ0v) is 27.5. The third kappa shape index (κ3) is 6.93. The molecule has 0 N–H and O–H groups in total. The van der Waals surface area contributed by atoms with Crippen molar-refractivity contribution in [3.8, 4) is 0 Å². The Bertz CT molecular complexity index is 627. The zero-order chi connectivity index (χ0) is 28.4. The van der Waals surface area contributed by atoms with Crippen molar-refractivity contribution < 1.29 is 14.2 Å². The highest BCUT2D eigenvalue weighted by Gasteiger charge is 2.51. The summed E-state index contributed by atoms with van der Waals surface area (Å²) in [6, 6.07) is 0. The van der Waals surface area contributed by atoms with Gasteiger partial charge < -0.3 is 14.2 Å². The number of hydrogen-bond acceptors (Lipinski definition) is 3. The fourth-order valence-corrected chi connectivity index (χ4v) is 10.3. The molecule has 0 heterocycles. The summed E-state index contributed by atoms with van der Waals surface area (Å²) in [7, 11) is 5.74. The maximum absolute atomic E-state index is 5.77. The van der Waals surface area contributed by atoms with Crippen LogP contribution >= 0.6 is 0 Å². The third-order valence-electron chi connectivity index (χ3n) is 14.0. The molecule has 0 aromatic rings. The molecule has 3 nitrogen and oxygen atoms in total. The smallest absolute Gasteiger partial charge is 0.0571 e. The van der Waals surface area contributed by atoms with Gasteiger partial charge in [-0.2, -0.15) is 0 Å². The number of methoxy groups -OCH3 is 3. The SMILES string of the molecule is COC1CCC(C(C)(C)C2CC(C(C)(C)C3CCC(OC)CC3)CC(C(C)(C)C3CCC(OC)CC3)C2)CC1. The number of hydrogen-bond donors (Lipinski definition) is 0. The molecule has 0 aliphatic heterocycles. The minimum atomic E-state index is 0.406. The Hall–Kier alpha value is -0.120. The lowest BCUT2D eigenvalue weighted by molar-refractivity contribution is -0.0794. The van der Waals surface area contributed by atoms with Gasteiger partial charge in [-0.1, -0.05) is 41.5 Å². The van der Waals surface area contributed by atoms with Crippen LogP contribution in [0.15, 0.2) is 0 Å². The second-order valence-electron chi connectivity index (χ2n) is 16.4. The number of rotatable bonds is 9. The average molecular weight is 547 g/mol. The molecule has 0 spiro atoms. The van der Waals surface area contributed by atoms with Gasteiger partial charge in [-0.25, -0.2) is 0 Å². The lowest BCUT2D eigenvalue weighted by Crippen LogP contribution is -2.48. The van der Waals surface area contributed by atoms with E-state index in [2.05, 4.69) is 41.5 Å². The quantitative estimate of drug-likeness (QED) is 0.288. The predicted octanol–water partition coefficient (Wildman–Crippen LogP) is 9.71. The van der Waals surface area contributed by atoms with Crippen LogP contribution in [0, 0.1) is 51.8 Å². The monoisotopic (exact) mass is 547 g/mol. The Morgan fingerprint density at radius 1 is 0.333 bits per heavy atom. The van der Waals surface area contributed by atoms with Gasteiger partial charge in [0.15, 0.2) is 0 Å². The van der Waals surface area contributed by atoms with Crippen molar-refractivity contribution >= 4 is 0 Å². The fraction of sp³-hybridized carbons (Fsp3) is 1.00. The minimum Gasteiger partial charge on any atom is -0.381 e. The van der Waals surface area contributed by atoms with Gasteiger partial charge in [0, 0.05) is 21.3 Å². The van der Waals surface area contributed by atoms with E-state index in [4.69, 9.17) is 14.2 Å². The van der Waals surface area contributed by atoms with E-state index in [-0.39, 0.29) is 0 Å². The molecule has 4 aliphatic rings. The Balaban J connectivity index is 1.56. The van der Waals surface area contributed by atoms with E-state index in [1.807, 2.05) is 21.3 Å². The first-order valence-electron chi connectivity index (χ1n) is 17.0. The average Bonchev–Trinajstić information content (AvgIpc) is 2.97. The van der Waals surface area contributed by atoms with E-state index in [0.29, 0.717) is 34.6 Å². The zero-order valence-electron chi connectivity index (χ0n) is 27.5. The Morgan fingerprint density at radius 2 is 0.538 bits per heavy atom. The summed E-state index contributed by atoms with van der Waals surface area (Å²) in [6.45, 7) is 16.0. The van der Waals surface area contributed by atoms with Crippen LogP contribution in [0.1, 0.15) is 138 Å². The summed E-state index contributed by atoms with van der Waals surface area (Å²) >= 11 is 0. The summed E-state index contributed by atoms with van der Waals surface area (Å²) in [5.74, 6) is 5.01. The highest BCUT2D eigenvalue weighted by Crippen LogP contribution is 2.60. The molecule has 0 aromatic carbocycles. The molecule has 4 aliphatic carbocycles. The molecule has 0 bridgehead atoms. The Kier molecular flexibility index (Phi) is 10.6. The first-order chi connectivity index (χ1) is 18.4. The van der Waals surface area contributed by atoms with Gasteiger partial charge in [-0.15, -0.1) is 0 Å². The van der Waals surface area contributed by atoms with E-state index < -0.39 is 0 Å². The van der Waals surface area contributed by atoms with Crippen molar-refractivity contribution in [2.45, 2.75) is 156 Å². The summed E-state index contributed by atoms with van der Waals surface area (Å²) in [5, 5.41) is 0. The normalized spacial score (nSPS) is 39.5. The molecule has 4 saturated carbocycles. The lowest BCUT2D eigenvalue weighted by atomic mass is 9.49. The Labute approximate surface area is 243 Å². The van der Waals surface area contributed by atoms with Gasteiger partial charge in [0.05, 0.1) is 18.3 Å². The molecule has 0 unspecified atom stereocenters. The van der Waals surface area contributed by atoms with E-state index in [9.17, 15) is 0 Å². The van der Waals surface area contributed by atoms with E-state index >= 15 is 0 Å². The van der Waals surface area contributed by atoms with Gasteiger partial charge in [0.2, 0.25) is 0 Å². The van der Waals surface area contributed by atoms with Gasteiger partial charge in [-0.3, -0.25) is 0 Å². The van der Waals surface area contributed by atoms with Crippen LogP contribution in [0.2, 0.25) is 0 Å². The third-order valence-corrected chi connectivity index (χ3v) is 14.0. The van der Waals surface area contributed by atoms with Crippen molar-refractivity contribution in [2.24, 2.45) is 51.8 Å². The topological polar surface area (TPSA) is 27.7 Å².